The third kappa shape index (κ3) is 7.58. The van der Waals surface area contributed by atoms with Crippen molar-refractivity contribution in [3.63, 3.8) is 0 Å². The molecule has 0 saturated heterocycles. The number of hydrogen-bond acceptors (Lipinski definition) is 4. The molecule has 0 N–H and O–H groups in total. The predicted octanol–water partition coefficient (Wildman–Crippen LogP) is 3.71. The molecule has 0 atom stereocenters. The number of hydrogen-bond donors (Lipinski definition) is 0. The molecule has 1 rings (SSSR count). The summed E-state index contributed by atoms with van der Waals surface area (Å²) in [5, 5.41) is 0. The average Bonchev–Trinajstić information content (AvgIpc) is 2.65. The zero-order valence-electron chi connectivity index (χ0n) is 15.7. The van der Waals surface area contributed by atoms with Crippen LogP contribution in [0.5, 0.6) is 0 Å². The van der Waals surface area contributed by atoms with Crippen molar-refractivity contribution in [2.24, 2.45) is 0 Å². The summed E-state index contributed by atoms with van der Waals surface area (Å²) in [6.45, 7) is 5.05. The number of halogens is 3. The maximum absolute atomic E-state index is 13.9. The summed E-state index contributed by atoms with van der Waals surface area (Å²) in [4.78, 5) is 25.3. The minimum atomic E-state index is -1.70. The number of ether oxygens (including phenoxy) is 2. The topological polar surface area (TPSA) is 55.8 Å². The van der Waals surface area contributed by atoms with E-state index in [1.54, 1.807) is 6.92 Å². The largest absolute Gasteiger partial charge is 0.466 e. The van der Waals surface area contributed by atoms with Crippen molar-refractivity contribution in [1.29, 1.82) is 0 Å². The van der Waals surface area contributed by atoms with Crippen molar-refractivity contribution in [3.05, 3.63) is 35.1 Å². The van der Waals surface area contributed by atoms with Crippen LogP contribution in [0.1, 0.15) is 49.9 Å². The van der Waals surface area contributed by atoms with Gasteiger partial charge in [0.25, 0.3) is 5.91 Å². The van der Waals surface area contributed by atoms with E-state index in [9.17, 15) is 22.8 Å². The van der Waals surface area contributed by atoms with Gasteiger partial charge in [-0.1, -0.05) is 13.3 Å². The second-order valence-corrected chi connectivity index (χ2v) is 5.89. The van der Waals surface area contributed by atoms with Crippen LogP contribution in [0.15, 0.2) is 12.1 Å². The second-order valence-electron chi connectivity index (χ2n) is 5.89. The zero-order valence-corrected chi connectivity index (χ0v) is 15.7. The van der Waals surface area contributed by atoms with Crippen LogP contribution in [0.25, 0.3) is 0 Å². The average molecular weight is 389 g/mol. The van der Waals surface area contributed by atoms with E-state index in [2.05, 4.69) is 0 Å². The van der Waals surface area contributed by atoms with Gasteiger partial charge in [-0.3, -0.25) is 9.59 Å². The summed E-state index contributed by atoms with van der Waals surface area (Å²) in [7, 11) is 0. The number of rotatable bonds is 12. The Hall–Kier alpha value is -2.09. The van der Waals surface area contributed by atoms with E-state index in [0.717, 1.165) is 18.9 Å². The molecule has 0 aliphatic carbocycles. The highest BCUT2D eigenvalue weighted by atomic mass is 19.2. The Balaban J connectivity index is 2.77. The van der Waals surface area contributed by atoms with Gasteiger partial charge in [-0.15, -0.1) is 0 Å². The van der Waals surface area contributed by atoms with Gasteiger partial charge < -0.3 is 14.4 Å². The van der Waals surface area contributed by atoms with Gasteiger partial charge in [0.1, 0.15) is 0 Å². The number of esters is 1. The summed E-state index contributed by atoms with van der Waals surface area (Å²) >= 11 is 0. The normalized spacial score (nSPS) is 10.7. The van der Waals surface area contributed by atoms with Gasteiger partial charge >= 0.3 is 5.97 Å². The van der Waals surface area contributed by atoms with E-state index >= 15 is 0 Å². The summed E-state index contributed by atoms with van der Waals surface area (Å²) in [5.74, 6) is -5.93. The molecule has 0 unspecified atom stereocenters. The summed E-state index contributed by atoms with van der Waals surface area (Å²) in [6, 6.07) is 1.59. The van der Waals surface area contributed by atoms with Crippen LogP contribution in [-0.2, 0) is 14.3 Å². The molecule has 8 heteroatoms. The highest BCUT2D eigenvalue weighted by molar-refractivity contribution is 5.94. The first-order chi connectivity index (χ1) is 12.9. The summed E-state index contributed by atoms with van der Waals surface area (Å²) < 4.78 is 50.7. The van der Waals surface area contributed by atoms with E-state index in [0.29, 0.717) is 25.7 Å². The van der Waals surface area contributed by atoms with Crippen LogP contribution in [0.3, 0.4) is 0 Å². The molecule has 0 fully saturated rings. The quantitative estimate of drug-likeness (QED) is 0.311. The molecule has 5 nitrogen and oxygen atoms in total. The third-order valence-electron chi connectivity index (χ3n) is 3.80. The fraction of sp³-hybridized carbons (Fsp3) is 0.579. The number of amides is 1. The second kappa shape index (κ2) is 12.3. The van der Waals surface area contributed by atoms with Gasteiger partial charge in [-0.05, 0) is 31.9 Å². The fourth-order valence-corrected chi connectivity index (χ4v) is 2.34. The molecule has 1 aromatic carbocycles. The Morgan fingerprint density at radius 3 is 2.37 bits per heavy atom. The molecule has 27 heavy (non-hydrogen) atoms. The van der Waals surface area contributed by atoms with Gasteiger partial charge in [0.2, 0.25) is 0 Å². The number of carbonyl (C=O) groups is 2. The summed E-state index contributed by atoms with van der Waals surface area (Å²) in [6.07, 6.45) is 2.30. The Bertz CT molecular complexity index is 625. The predicted molar refractivity (Wildman–Crippen MR) is 93.8 cm³/mol. The molecular weight excluding hydrogens is 363 g/mol. The molecule has 0 radical (unpaired) electrons. The number of carbonyl (C=O) groups excluding carboxylic acids is 2. The van der Waals surface area contributed by atoms with Gasteiger partial charge in [0, 0.05) is 26.3 Å². The van der Waals surface area contributed by atoms with E-state index in [1.807, 2.05) is 6.92 Å². The number of benzene rings is 1. The maximum Gasteiger partial charge on any atom is 0.307 e. The third-order valence-corrected chi connectivity index (χ3v) is 3.80. The molecule has 0 saturated carbocycles. The lowest BCUT2D eigenvalue weighted by molar-refractivity contribution is -0.143. The van der Waals surface area contributed by atoms with Crippen LogP contribution in [0.2, 0.25) is 0 Å². The van der Waals surface area contributed by atoms with Crippen molar-refractivity contribution in [3.8, 4) is 0 Å². The van der Waals surface area contributed by atoms with Crippen molar-refractivity contribution in [2.75, 3.05) is 32.9 Å². The monoisotopic (exact) mass is 389 g/mol. The van der Waals surface area contributed by atoms with Crippen LogP contribution in [0, 0.1) is 17.5 Å². The molecule has 0 heterocycles. The van der Waals surface area contributed by atoms with Gasteiger partial charge in [-0.25, -0.2) is 13.2 Å². The fourth-order valence-electron chi connectivity index (χ4n) is 2.34. The lowest BCUT2D eigenvalue weighted by atomic mass is 10.1. The SMILES string of the molecule is CCCCOCCCN(CCC(=O)OCC)C(=O)c1ccc(F)c(F)c1F. The van der Waals surface area contributed by atoms with Crippen LogP contribution >= 0.6 is 0 Å². The van der Waals surface area contributed by atoms with Gasteiger partial charge in [0.15, 0.2) is 17.5 Å². The number of unbranched alkanes of at least 4 members (excludes halogenated alkanes) is 1. The Morgan fingerprint density at radius 1 is 1.00 bits per heavy atom. The van der Waals surface area contributed by atoms with E-state index in [1.165, 1.54) is 4.90 Å². The first-order valence-electron chi connectivity index (χ1n) is 9.08. The molecule has 1 amide bonds. The minimum Gasteiger partial charge on any atom is -0.466 e. The van der Waals surface area contributed by atoms with E-state index in [-0.39, 0.29) is 26.1 Å². The molecule has 0 aliphatic rings. The van der Waals surface area contributed by atoms with E-state index in [4.69, 9.17) is 9.47 Å². The lowest BCUT2D eigenvalue weighted by Gasteiger charge is -2.23. The molecule has 152 valence electrons. The van der Waals surface area contributed by atoms with Gasteiger partial charge in [0.05, 0.1) is 18.6 Å². The van der Waals surface area contributed by atoms with Crippen LogP contribution in [0.4, 0.5) is 13.2 Å². The highest BCUT2D eigenvalue weighted by Crippen LogP contribution is 2.17. The summed E-state index contributed by atoms with van der Waals surface area (Å²) in [5.41, 5.74) is -0.579. The molecule has 0 aliphatic heterocycles. The first kappa shape index (κ1) is 23.0. The molecule has 0 spiro atoms. The maximum atomic E-state index is 13.9. The van der Waals surface area contributed by atoms with Crippen molar-refractivity contribution < 1.29 is 32.2 Å². The van der Waals surface area contributed by atoms with Crippen molar-refractivity contribution in [1.82, 2.24) is 4.90 Å². The minimum absolute atomic E-state index is 0.0228. The Labute approximate surface area is 157 Å². The number of nitrogens with zero attached hydrogens (tertiary/aromatic N) is 1. The smallest absolute Gasteiger partial charge is 0.307 e. The molecular formula is C19H26F3NO4. The van der Waals surface area contributed by atoms with E-state index < -0.39 is 34.9 Å². The van der Waals surface area contributed by atoms with Crippen LogP contribution < -0.4 is 0 Å². The molecule has 1 aromatic rings. The molecule has 0 bridgehead atoms. The van der Waals surface area contributed by atoms with Crippen molar-refractivity contribution in [2.45, 2.75) is 39.5 Å². The van der Waals surface area contributed by atoms with Crippen LogP contribution in [-0.4, -0.2) is 49.7 Å². The molecule has 0 aromatic heterocycles. The van der Waals surface area contributed by atoms with Crippen molar-refractivity contribution >= 4 is 11.9 Å². The Kier molecular flexibility index (Phi) is 10.5. The van der Waals surface area contributed by atoms with Gasteiger partial charge in [-0.2, -0.15) is 0 Å². The lowest BCUT2D eigenvalue weighted by Crippen LogP contribution is -2.35. The highest BCUT2D eigenvalue weighted by Gasteiger charge is 2.23. The zero-order chi connectivity index (χ0) is 20.2. The standard InChI is InChI=1S/C19H26F3NO4/c1-3-5-12-26-13-6-10-23(11-9-16(24)27-4-2)19(25)14-7-8-15(20)18(22)17(14)21/h7-8H,3-6,9-13H2,1-2H3. The first-order valence-corrected chi connectivity index (χ1v) is 9.08. The Morgan fingerprint density at radius 2 is 1.70 bits per heavy atom.